The molecular weight excluding hydrogens is 465 g/mol. The molecule has 3 unspecified atom stereocenters. The van der Waals surface area contributed by atoms with Crippen LogP contribution in [0.3, 0.4) is 0 Å². The first-order valence-electron chi connectivity index (χ1n) is 11.0. The minimum absolute atomic E-state index is 0.281. The van der Waals surface area contributed by atoms with Crippen LogP contribution in [-0.2, 0) is 9.59 Å². The summed E-state index contributed by atoms with van der Waals surface area (Å²) in [5, 5.41) is 31.8. The molecule has 3 N–H and O–H groups in total. The van der Waals surface area contributed by atoms with Crippen LogP contribution < -0.4 is 0 Å². The fourth-order valence-corrected chi connectivity index (χ4v) is 5.81. The molecule has 0 aromatic heterocycles. The Bertz CT molecular complexity index is 1050. The Labute approximate surface area is 202 Å². The molecule has 1 amide bonds. The summed E-state index contributed by atoms with van der Waals surface area (Å²) >= 11 is 12.4. The van der Waals surface area contributed by atoms with E-state index in [1.54, 1.807) is 30.0 Å². The van der Waals surface area contributed by atoms with Crippen molar-refractivity contribution >= 4 is 35.1 Å². The molecule has 0 bridgehead atoms. The summed E-state index contributed by atoms with van der Waals surface area (Å²) < 4.78 is 0. The quantitative estimate of drug-likeness (QED) is 0.574. The minimum Gasteiger partial charge on any atom is -0.481 e. The zero-order chi connectivity index (χ0) is 23.9. The Kier molecular flexibility index (Phi) is 6.74. The van der Waals surface area contributed by atoms with Crippen LogP contribution in [-0.4, -0.2) is 50.3 Å². The lowest BCUT2D eigenvalue weighted by Gasteiger charge is -2.52. The van der Waals surface area contributed by atoms with Crippen LogP contribution in [0, 0.1) is 5.41 Å². The molecule has 1 aliphatic heterocycles. The summed E-state index contributed by atoms with van der Waals surface area (Å²) in [6.07, 6.45) is -1.31. The number of halogens is 2. The number of hydrogen-bond donors (Lipinski definition) is 3. The number of aliphatic hydroxyl groups is 2. The molecule has 6 atom stereocenters. The highest BCUT2D eigenvalue weighted by molar-refractivity contribution is 6.30. The van der Waals surface area contributed by atoms with Crippen molar-refractivity contribution < 1.29 is 24.9 Å². The number of carbonyl (C=O) groups excluding carboxylic acids is 1. The van der Waals surface area contributed by atoms with Crippen LogP contribution in [0.4, 0.5) is 0 Å². The molecule has 176 valence electrons. The van der Waals surface area contributed by atoms with Gasteiger partial charge in [0.05, 0.1) is 30.0 Å². The van der Waals surface area contributed by atoms with Gasteiger partial charge in [-0.2, -0.15) is 0 Å². The predicted molar refractivity (Wildman–Crippen MR) is 125 cm³/mol. The maximum atomic E-state index is 13.9. The third-order valence-corrected chi connectivity index (χ3v) is 7.52. The normalized spacial score (nSPS) is 32.2. The number of benzene rings is 2. The van der Waals surface area contributed by atoms with Crippen molar-refractivity contribution in [3.8, 4) is 0 Å². The van der Waals surface area contributed by atoms with Gasteiger partial charge < -0.3 is 20.2 Å². The lowest BCUT2D eigenvalue weighted by molar-refractivity contribution is -0.163. The van der Waals surface area contributed by atoms with E-state index in [1.165, 1.54) is 0 Å². The lowest BCUT2D eigenvalue weighted by Crippen LogP contribution is -2.58. The van der Waals surface area contributed by atoms with Crippen molar-refractivity contribution in [2.75, 3.05) is 0 Å². The summed E-state index contributed by atoms with van der Waals surface area (Å²) in [5.74, 6) is -1.68. The van der Waals surface area contributed by atoms with Gasteiger partial charge in [0.15, 0.2) is 0 Å². The molecule has 1 saturated heterocycles. The van der Waals surface area contributed by atoms with Gasteiger partial charge in [-0.05, 0) is 54.7 Å². The van der Waals surface area contributed by atoms with Gasteiger partial charge in [-0.3, -0.25) is 9.59 Å². The number of rotatable bonds is 5. The zero-order valence-corrected chi connectivity index (χ0v) is 19.7. The summed E-state index contributed by atoms with van der Waals surface area (Å²) in [4.78, 5) is 27.3. The van der Waals surface area contributed by atoms with E-state index in [0.717, 1.165) is 11.1 Å². The molecule has 0 spiro atoms. The molecule has 1 aliphatic carbocycles. The Balaban J connectivity index is 1.90. The fourth-order valence-electron chi connectivity index (χ4n) is 5.49. The van der Waals surface area contributed by atoms with Crippen molar-refractivity contribution in [1.29, 1.82) is 0 Å². The molecule has 2 aromatic rings. The molecule has 6 nitrogen and oxygen atoms in total. The highest BCUT2D eigenvalue weighted by atomic mass is 35.5. The molecule has 2 aliphatic rings. The molecule has 33 heavy (non-hydrogen) atoms. The van der Waals surface area contributed by atoms with Crippen molar-refractivity contribution in [3.05, 3.63) is 69.7 Å². The van der Waals surface area contributed by atoms with E-state index in [9.17, 15) is 24.9 Å². The average Bonchev–Trinajstić information content (AvgIpc) is 3.08. The number of piperidine rings is 1. The first-order valence-corrected chi connectivity index (χ1v) is 11.8. The van der Waals surface area contributed by atoms with Gasteiger partial charge in [-0.1, -0.05) is 54.4 Å². The minimum atomic E-state index is -1.19. The number of aliphatic carboxylic acids is 1. The molecule has 8 heteroatoms. The summed E-state index contributed by atoms with van der Waals surface area (Å²) in [6, 6.07) is 13.4. The van der Waals surface area contributed by atoms with Crippen LogP contribution in [0.5, 0.6) is 0 Å². The second kappa shape index (κ2) is 9.26. The van der Waals surface area contributed by atoms with Crippen LogP contribution in [0.25, 0.3) is 0 Å². The number of carbonyl (C=O) groups is 2. The first-order chi connectivity index (χ1) is 15.6. The first kappa shape index (κ1) is 24.0. The highest BCUT2D eigenvalue weighted by Gasteiger charge is 2.54. The van der Waals surface area contributed by atoms with E-state index in [-0.39, 0.29) is 18.2 Å². The second-order valence-corrected chi connectivity index (χ2v) is 10.3. The van der Waals surface area contributed by atoms with E-state index < -0.39 is 35.7 Å². The third-order valence-electron chi connectivity index (χ3n) is 7.04. The third kappa shape index (κ3) is 4.62. The second-order valence-electron chi connectivity index (χ2n) is 9.41. The van der Waals surface area contributed by atoms with Gasteiger partial charge in [-0.25, -0.2) is 0 Å². The Morgan fingerprint density at radius 3 is 2.33 bits per heavy atom. The number of likely N-dealkylation sites (tertiary alicyclic amines) is 1. The van der Waals surface area contributed by atoms with Crippen LogP contribution >= 0.6 is 23.2 Å². The van der Waals surface area contributed by atoms with Crippen molar-refractivity contribution in [3.63, 3.8) is 0 Å². The van der Waals surface area contributed by atoms with Crippen LogP contribution in [0.2, 0.25) is 10.0 Å². The molecule has 2 aromatic carbocycles. The van der Waals surface area contributed by atoms with E-state index in [4.69, 9.17) is 23.2 Å². The molecule has 1 heterocycles. The van der Waals surface area contributed by atoms with Gasteiger partial charge in [0, 0.05) is 16.0 Å². The van der Waals surface area contributed by atoms with Gasteiger partial charge in [-0.15, -0.1) is 0 Å². The lowest BCUT2D eigenvalue weighted by atomic mass is 9.67. The maximum absolute atomic E-state index is 13.9. The SMILES string of the molecule is C[C@@]1(CC(=O)O)C[C@H](c2cccc(Cl)c2)[C@@H](c2ccc(Cl)cc2)N(C2CCC(O)C2O)C1=O. The Morgan fingerprint density at radius 2 is 1.76 bits per heavy atom. The van der Waals surface area contributed by atoms with E-state index in [2.05, 4.69) is 0 Å². The highest BCUT2D eigenvalue weighted by Crippen LogP contribution is 2.53. The van der Waals surface area contributed by atoms with E-state index in [0.29, 0.717) is 29.3 Å². The zero-order valence-electron chi connectivity index (χ0n) is 18.2. The Morgan fingerprint density at radius 1 is 1.06 bits per heavy atom. The average molecular weight is 492 g/mol. The molecule has 0 radical (unpaired) electrons. The number of nitrogens with zero attached hydrogens (tertiary/aromatic N) is 1. The number of carboxylic acids is 1. The molecule has 4 rings (SSSR count). The predicted octanol–water partition coefficient (Wildman–Crippen LogP) is 4.42. The largest absolute Gasteiger partial charge is 0.481 e. The molecular formula is C25H27Cl2NO5. The smallest absolute Gasteiger partial charge is 0.304 e. The maximum Gasteiger partial charge on any atom is 0.304 e. The number of amides is 1. The van der Waals surface area contributed by atoms with Crippen LogP contribution in [0.15, 0.2) is 48.5 Å². The Hall–Kier alpha value is -2.12. The number of carboxylic acid groups (broad SMARTS) is 1. The number of hydrogen-bond acceptors (Lipinski definition) is 4. The topological polar surface area (TPSA) is 98.1 Å². The van der Waals surface area contributed by atoms with Gasteiger partial charge in [0.1, 0.15) is 6.10 Å². The molecule has 1 saturated carbocycles. The van der Waals surface area contributed by atoms with E-state index >= 15 is 0 Å². The van der Waals surface area contributed by atoms with E-state index in [1.807, 2.05) is 30.3 Å². The van der Waals surface area contributed by atoms with Crippen molar-refractivity contribution in [2.24, 2.45) is 5.41 Å². The summed E-state index contributed by atoms with van der Waals surface area (Å²) in [5.41, 5.74) is 0.517. The van der Waals surface area contributed by atoms with Crippen molar-refractivity contribution in [1.82, 2.24) is 4.90 Å². The van der Waals surface area contributed by atoms with Gasteiger partial charge in [0.2, 0.25) is 5.91 Å². The van der Waals surface area contributed by atoms with Crippen molar-refractivity contribution in [2.45, 2.75) is 62.8 Å². The molecule has 2 fully saturated rings. The van der Waals surface area contributed by atoms with Gasteiger partial charge in [0.25, 0.3) is 0 Å². The monoisotopic (exact) mass is 491 g/mol. The summed E-state index contributed by atoms with van der Waals surface area (Å²) in [7, 11) is 0. The van der Waals surface area contributed by atoms with Gasteiger partial charge >= 0.3 is 5.97 Å². The number of aliphatic hydroxyl groups excluding tert-OH is 2. The standard InChI is InChI=1S/C25H27Cl2NO5/c1-25(13-21(30)31)12-18(15-3-2-4-17(27)11-15)22(14-5-7-16(26)8-6-14)28(24(25)33)19-9-10-20(29)23(19)32/h2-8,11,18-20,22-23,29,32H,9-10,12-13H2,1H3,(H,30,31)/t18-,19?,20?,22-,23?,25+/m1/s1. The van der Waals surface area contributed by atoms with Crippen LogP contribution in [0.1, 0.15) is 55.7 Å². The fraction of sp³-hybridized carbons (Fsp3) is 0.440. The summed E-state index contributed by atoms with van der Waals surface area (Å²) in [6.45, 7) is 1.67.